The van der Waals surface area contributed by atoms with Crippen LogP contribution in [0.1, 0.15) is 0 Å². The number of benzene rings is 7. The van der Waals surface area contributed by atoms with Crippen LogP contribution in [0.2, 0.25) is 0 Å². The molecule has 0 aliphatic rings. The molecule has 7 aromatic rings. The van der Waals surface area contributed by atoms with E-state index < -0.39 is 0 Å². The van der Waals surface area contributed by atoms with E-state index in [1.165, 1.54) is 66.8 Å². The Kier molecular flexibility index (Phi) is 7.02. The minimum absolute atomic E-state index is 1.22. The molecule has 0 nitrogen and oxygen atoms in total. The van der Waals surface area contributed by atoms with Gasteiger partial charge in [-0.2, -0.15) is 0 Å². The first-order chi connectivity index (χ1) is 20.8. The van der Waals surface area contributed by atoms with Gasteiger partial charge < -0.3 is 0 Å². The van der Waals surface area contributed by atoms with E-state index >= 15 is 0 Å². The zero-order valence-corrected chi connectivity index (χ0v) is 23.3. The summed E-state index contributed by atoms with van der Waals surface area (Å²) in [6, 6.07) is 65.3. The summed E-state index contributed by atoms with van der Waals surface area (Å²) in [5.41, 5.74) is 14.7. The molecule has 7 aromatic carbocycles. The molecule has 0 N–H and O–H groups in total. The average molecular weight is 535 g/mol. The second-order valence-corrected chi connectivity index (χ2v) is 10.6. The van der Waals surface area contributed by atoms with Crippen molar-refractivity contribution in [3.63, 3.8) is 0 Å². The fraction of sp³-hybridized carbons (Fsp3) is 0. The Morgan fingerprint density at radius 3 is 0.595 bits per heavy atom. The normalized spacial score (nSPS) is 10.9. The van der Waals surface area contributed by atoms with Crippen molar-refractivity contribution in [2.45, 2.75) is 0 Å². The molecular formula is C42H30. The molecular weight excluding hydrogens is 504 g/mol. The molecule has 0 heterocycles. The number of rotatable bonds is 6. The van der Waals surface area contributed by atoms with Gasteiger partial charge in [-0.05, 0) is 72.8 Å². The first-order valence-corrected chi connectivity index (χ1v) is 14.4. The molecule has 198 valence electrons. The molecule has 0 fully saturated rings. The Labute approximate surface area is 248 Å². The average Bonchev–Trinajstić information content (AvgIpc) is 3.09. The lowest BCUT2D eigenvalue weighted by Crippen LogP contribution is -1.84. The van der Waals surface area contributed by atoms with Crippen molar-refractivity contribution in [3.8, 4) is 66.8 Å². The molecule has 0 aromatic heterocycles. The van der Waals surface area contributed by atoms with Gasteiger partial charge in [0.1, 0.15) is 0 Å². The monoisotopic (exact) mass is 534 g/mol. The Bertz CT molecular complexity index is 1760. The van der Waals surface area contributed by atoms with Crippen LogP contribution < -0.4 is 0 Å². The zero-order valence-electron chi connectivity index (χ0n) is 23.3. The van der Waals surface area contributed by atoms with E-state index in [2.05, 4.69) is 182 Å². The van der Waals surface area contributed by atoms with Crippen molar-refractivity contribution in [1.29, 1.82) is 0 Å². The van der Waals surface area contributed by atoms with Gasteiger partial charge in [0.15, 0.2) is 0 Å². The fourth-order valence-electron chi connectivity index (χ4n) is 5.56. The summed E-state index contributed by atoms with van der Waals surface area (Å²) in [5.74, 6) is 0. The topological polar surface area (TPSA) is 0 Å². The van der Waals surface area contributed by atoms with Gasteiger partial charge in [0, 0.05) is 0 Å². The smallest absolute Gasteiger partial charge is 0.0178 e. The third-order valence-corrected chi connectivity index (χ3v) is 7.95. The Hall–Kier alpha value is -5.46. The Morgan fingerprint density at radius 2 is 0.333 bits per heavy atom. The van der Waals surface area contributed by atoms with Crippen LogP contribution in [0, 0.1) is 0 Å². The summed E-state index contributed by atoms with van der Waals surface area (Å²) in [7, 11) is 0. The second kappa shape index (κ2) is 11.6. The van der Waals surface area contributed by atoms with Gasteiger partial charge >= 0.3 is 0 Å². The third kappa shape index (κ3) is 5.44. The summed E-state index contributed by atoms with van der Waals surface area (Å²) < 4.78 is 0. The van der Waals surface area contributed by atoms with E-state index in [0.29, 0.717) is 0 Å². The minimum Gasteiger partial charge on any atom is -0.0622 e. The Balaban J connectivity index is 1.07. The van der Waals surface area contributed by atoms with Crippen molar-refractivity contribution in [3.05, 3.63) is 182 Å². The molecule has 0 spiro atoms. The first kappa shape index (κ1) is 25.5. The summed E-state index contributed by atoms with van der Waals surface area (Å²) in [6.07, 6.45) is 0. The van der Waals surface area contributed by atoms with E-state index in [1.54, 1.807) is 0 Å². The molecule has 0 bridgehead atoms. The number of hydrogen-bond donors (Lipinski definition) is 0. The largest absolute Gasteiger partial charge is 0.0622 e. The van der Waals surface area contributed by atoms with Crippen molar-refractivity contribution in [1.82, 2.24) is 0 Å². The van der Waals surface area contributed by atoms with Crippen molar-refractivity contribution >= 4 is 0 Å². The van der Waals surface area contributed by atoms with E-state index in [4.69, 9.17) is 0 Å². The van der Waals surface area contributed by atoms with Gasteiger partial charge in [-0.15, -0.1) is 0 Å². The highest BCUT2D eigenvalue weighted by Crippen LogP contribution is 2.31. The minimum atomic E-state index is 1.22. The second-order valence-electron chi connectivity index (χ2n) is 10.6. The Morgan fingerprint density at radius 1 is 0.143 bits per heavy atom. The van der Waals surface area contributed by atoms with E-state index in [9.17, 15) is 0 Å². The highest BCUT2D eigenvalue weighted by Gasteiger charge is 2.06. The molecule has 0 atom stereocenters. The highest BCUT2D eigenvalue weighted by atomic mass is 14.1. The standard InChI is InChI=1S/C42H30/c1-3-8-31(9-4-1)33-14-18-35(19-15-33)37-22-26-39(27-23-37)41-12-7-13-42(30-41)40-28-24-38(25-29-40)36-20-16-34(17-21-36)32-10-5-2-6-11-32/h1-30H. The van der Waals surface area contributed by atoms with Gasteiger partial charge in [0.05, 0.1) is 0 Å². The predicted molar refractivity (Wildman–Crippen MR) is 179 cm³/mol. The molecule has 42 heavy (non-hydrogen) atoms. The van der Waals surface area contributed by atoms with Crippen LogP contribution in [0.5, 0.6) is 0 Å². The molecule has 0 saturated heterocycles. The van der Waals surface area contributed by atoms with E-state index in [-0.39, 0.29) is 0 Å². The molecule has 0 saturated carbocycles. The highest BCUT2D eigenvalue weighted by molar-refractivity contribution is 5.78. The molecule has 0 heteroatoms. The van der Waals surface area contributed by atoms with Crippen LogP contribution in [-0.2, 0) is 0 Å². The van der Waals surface area contributed by atoms with Crippen molar-refractivity contribution in [2.75, 3.05) is 0 Å². The third-order valence-electron chi connectivity index (χ3n) is 7.95. The van der Waals surface area contributed by atoms with Crippen LogP contribution in [0.25, 0.3) is 66.8 Å². The maximum atomic E-state index is 2.29. The van der Waals surface area contributed by atoms with Gasteiger partial charge in [0.25, 0.3) is 0 Å². The maximum absolute atomic E-state index is 2.29. The zero-order chi connectivity index (χ0) is 28.1. The van der Waals surface area contributed by atoms with Crippen LogP contribution >= 0.6 is 0 Å². The van der Waals surface area contributed by atoms with Crippen LogP contribution in [0.4, 0.5) is 0 Å². The first-order valence-electron chi connectivity index (χ1n) is 14.4. The van der Waals surface area contributed by atoms with Gasteiger partial charge in [-0.3, -0.25) is 0 Å². The van der Waals surface area contributed by atoms with Crippen LogP contribution in [0.15, 0.2) is 182 Å². The lowest BCUT2D eigenvalue weighted by atomic mass is 9.95. The van der Waals surface area contributed by atoms with Crippen LogP contribution in [0.3, 0.4) is 0 Å². The van der Waals surface area contributed by atoms with Crippen molar-refractivity contribution in [2.24, 2.45) is 0 Å². The molecule has 0 radical (unpaired) electrons. The molecule has 7 rings (SSSR count). The van der Waals surface area contributed by atoms with Crippen molar-refractivity contribution < 1.29 is 0 Å². The van der Waals surface area contributed by atoms with Crippen LogP contribution in [-0.4, -0.2) is 0 Å². The maximum Gasteiger partial charge on any atom is -0.0178 e. The summed E-state index contributed by atoms with van der Waals surface area (Å²) in [5, 5.41) is 0. The molecule has 0 aliphatic heterocycles. The molecule has 0 amide bonds. The SMILES string of the molecule is c1ccc(-c2ccc(-c3ccc(-c4cccc(-c5ccc(-c6ccc(-c7ccccc7)cc6)cc5)c4)cc3)cc2)cc1. The van der Waals surface area contributed by atoms with Gasteiger partial charge in [-0.25, -0.2) is 0 Å². The summed E-state index contributed by atoms with van der Waals surface area (Å²) in [6.45, 7) is 0. The predicted octanol–water partition coefficient (Wildman–Crippen LogP) is 11.7. The van der Waals surface area contributed by atoms with E-state index in [0.717, 1.165) is 0 Å². The summed E-state index contributed by atoms with van der Waals surface area (Å²) in [4.78, 5) is 0. The van der Waals surface area contributed by atoms with Gasteiger partial charge in [0.2, 0.25) is 0 Å². The molecule has 0 aliphatic carbocycles. The lowest BCUT2D eigenvalue weighted by molar-refractivity contribution is 1.56. The quantitative estimate of drug-likeness (QED) is 0.199. The van der Waals surface area contributed by atoms with Gasteiger partial charge in [-0.1, -0.05) is 176 Å². The molecule has 0 unspecified atom stereocenters. The number of hydrogen-bond acceptors (Lipinski definition) is 0. The fourth-order valence-corrected chi connectivity index (χ4v) is 5.56. The lowest BCUT2D eigenvalue weighted by Gasteiger charge is -2.09. The van der Waals surface area contributed by atoms with E-state index in [1.807, 2.05) is 0 Å². The summed E-state index contributed by atoms with van der Waals surface area (Å²) >= 11 is 0.